The third-order valence-electron chi connectivity index (χ3n) is 3.76. The Hall–Kier alpha value is -0.650. The number of carbonyl (C=O) groups excluding carboxylic acids is 1. The van der Waals surface area contributed by atoms with Gasteiger partial charge in [0, 0.05) is 13.2 Å². The predicted octanol–water partition coefficient (Wildman–Crippen LogP) is 1.66. The van der Waals surface area contributed by atoms with Gasteiger partial charge in [-0.15, -0.1) is 0 Å². The molecule has 0 spiro atoms. The number of nitrogens with zero attached hydrogens (tertiary/aromatic N) is 1. The van der Waals surface area contributed by atoms with Crippen LogP contribution in [0.1, 0.15) is 40.5 Å². The first-order chi connectivity index (χ1) is 9.45. The highest BCUT2D eigenvalue weighted by molar-refractivity contribution is 5.80. The normalized spacial score (nSPS) is 15.9. The quantitative estimate of drug-likeness (QED) is 0.586. The second-order valence-electron chi connectivity index (χ2n) is 5.39. The maximum absolute atomic E-state index is 11.9. The van der Waals surface area contributed by atoms with Crippen molar-refractivity contribution in [3.05, 3.63) is 0 Å². The number of hydrogen-bond donors (Lipinski definition) is 1. The summed E-state index contributed by atoms with van der Waals surface area (Å²) in [6, 6.07) is 0.397. The van der Waals surface area contributed by atoms with Crippen molar-refractivity contribution in [1.82, 2.24) is 10.2 Å². The Balaban J connectivity index is 4.38. The molecule has 0 bridgehead atoms. The molecule has 0 saturated heterocycles. The molecule has 0 radical (unpaired) electrons. The van der Waals surface area contributed by atoms with E-state index in [0.717, 1.165) is 39.1 Å². The number of likely N-dealkylation sites (N-methyl/N-ethyl adjacent to an activating group) is 2. The van der Waals surface area contributed by atoms with Crippen LogP contribution >= 0.6 is 0 Å². The first kappa shape index (κ1) is 19.4. The summed E-state index contributed by atoms with van der Waals surface area (Å²) < 4.78 is 10.1. The Morgan fingerprint density at radius 1 is 1.35 bits per heavy atom. The fourth-order valence-corrected chi connectivity index (χ4v) is 2.55. The van der Waals surface area contributed by atoms with Gasteiger partial charge in [-0.05, 0) is 46.3 Å². The van der Waals surface area contributed by atoms with E-state index in [-0.39, 0.29) is 5.97 Å². The van der Waals surface area contributed by atoms with Crippen LogP contribution < -0.4 is 5.32 Å². The molecule has 5 nitrogen and oxygen atoms in total. The topological polar surface area (TPSA) is 50.8 Å². The van der Waals surface area contributed by atoms with Crippen molar-refractivity contribution in [2.24, 2.45) is 0 Å². The number of nitrogens with one attached hydrogen (secondary N) is 1. The van der Waals surface area contributed by atoms with Crippen LogP contribution in [0.2, 0.25) is 0 Å². The largest absolute Gasteiger partial charge is 0.468 e. The highest BCUT2D eigenvalue weighted by Crippen LogP contribution is 2.15. The molecule has 0 heterocycles. The molecule has 0 aliphatic heterocycles. The van der Waals surface area contributed by atoms with Crippen molar-refractivity contribution in [3.63, 3.8) is 0 Å². The zero-order valence-corrected chi connectivity index (χ0v) is 14.0. The van der Waals surface area contributed by atoms with Crippen LogP contribution in [0.3, 0.4) is 0 Å². The molecule has 0 saturated carbocycles. The summed E-state index contributed by atoms with van der Waals surface area (Å²) in [5.41, 5.74) is -0.590. The van der Waals surface area contributed by atoms with Crippen LogP contribution in [0.4, 0.5) is 0 Å². The summed E-state index contributed by atoms with van der Waals surface area (Å²) in [5, 5.41) is 3.24. The maximum atomic E-state index is 11.9. The molecule has 2 unspecified atom stereocenters. The lowest BCUT2D eigenvalue weighted by atomic mass is 9.95. The van der Waals surface area contributed by atoms with Gasteiger partial charge in [0.15, 0.2) is 0 Å². The van der Waals surface area contributed by atoms with Gasteiger partial charge in [0.25, 0.3) is 0 Å². The fourth-order valence-electron chi connectivity index (χ4n) is 2.55. The first-order valence-corrected chi connectivity index (χ1v) is 7.51. The average molecular weight is 288 g/mol. The molecule has 120 valence electrons. The molecule has 0 aliphatic rings. The van der Waals surface area contributed by atoms with Gasteiger partial charge in [0.1, 0.15) is 5.54 Å². The van der Waals surface area contributed by atoms with Gasteiger partial charge in [-0.25, -0.2) is 0 Å². The van der Waals surface area contributed by atoms with E-state index in [1.807, 2.05) is 13.8 Å². The highest BCUT2D eigenvalue weighted by Gasteiger charge is 2.32. The Kier molecular flexibility index (Phi) is 9.80. The Morgan fingerprint density at radius 3 is 2.45 bits per heavy atom. The second kappa shape index (κ2) is 10.1. The van der Waals surface area contributed by atoms with Gasteiger partial charge in [-0.2, -0.15) is 0 Å². The standard InChI is InChI=1S/C15H32N2O3/c1-7-16-15(4,14(18)20-6)10-9-11-17(8-2)13(3)12-19-5/h13,16H,7-12H2,1-6H3. The zero-order chi connectivity index (χ0) is 15.6. The van der Waals surface area contributed by atoms with Crippen LogP contribution in [0.25, 0.3) is 0 Å². The van der Waals surface area contributed by atoms with E-state index in [9.17, 15) is 4.79 Å². The lowest BCUT2D eigenvalue weighted by Crippen LogP contribution is -2.50. The third-order valence-corrected chi connectivity index (χ3v) is 3.76. The smallest absolute Gasteiger partial charge is 0.325 e. The molecule has 0 aliphatic carbocycles. The third kappa shape index (κ3) is 6.20. The molecule has 5 heteroatoms. The van der Waals surface area contributed by atoms with E-state index in [4.69, 9.17) is 9.47 Å². The molecule has 0 amide bonds. The number of carbonyl (C=O) groups is 1. The second-order valence-corrected chi connectivity index (χ2v) is 5.39. The Labute approximate surface area is 124 Å². The van der Waals surface area contributed by atoms with Crippen molar-refractivity contribution in [2.45, 2.75) is 52.1 Å². The molecule has 1 N–H and O–H groups in total. The summed E-state index contributed by atoms with van der Waals surface area (Å²) in [7, 11) is 3.17. The van der Waals surface area contributed by atoms with Gasteiger partial charge in [0.05, 0.1) is 13.7 Å². The molecule has 0 aromatic rings. The Bertz CT molecular complexity index is 274. The number of esters is 1. The molecular weight excluding hydrogens is 256 g/mol. The summed E-state index contributed by atoms with van der Waals surface area (Å²) >= 11 is 0. The summed E-state index contributed by atoms with van der Waals surface area (Å²) in [6.07, 6.45) is 1.71. The summed E-state index contributed by atoms with van der Waals surface area (Å²) in [5.74, 6) is -0.188. The molecule has 0 rings (SSSR count). The number of rotatable bonds is 11. The Morgan fingerprint density at radius 2 is 2.00 bits per heavy atom. The predicted molar refractivity (Wildman–Crippen MR) is 81.9 cm³/mol. The lowest BCUT2D eigenvalue weighted by molar-refractivity contribution is -0.148. The van der Waals surface area contributed by atoms with E-state index < -0.39 is 5.54 Å². The monoisotopic (exact) mass is 288 g/mol. The van der Waals surface area contributed by atoms with E-state index in [0.29, 0.717) is 6.04 Å². The van der Waals surface area contributed by atoms with Crippen LogP contribution in [0, 0.1) is 0 Å². The molecular formula is C15H32N2O3. The molecule has 0 aromatic heterocycles. The summed E-state index contributed by atoms with van der Waals surface area (Å²) in [4.78, 5) is 14.3. The molecule has 2 atom stereocenters. The minimum absolute atomic E-state index is 0.188. The lowest BCUT2D eigenvalue weighted by Gasteiger charge is -2.31. The van der Waals surface area contributed by atoms with Crippen molar-refractivity contribution in [3.8, 4) is 0 Å². The van der Waals surface area contributed by atoms with Gasteiger partial charge in [0.2, 0.25) is 0 Å². The van der Waals surface area contributed by atoms with Gasteiger partial charge in [-0.1, -0.05) is 13.8 Å². The van der Waals surface area contributed by atoms with Gasteiger partial charge in [-0.3, -0.25) is 9.69 Å². The van der Waals surface area contributed by atoms with E-state index in [1.165, 1.54) is 7.11 Å². The van der Waals surface area contributed by atoms with Crippen LogP contribution in [0.15, 0.2) is 0 Å². The van der Waals surface area contributed by atoms with Crippen LogP contribution in [-0.2, 0) is 14.3 Å². The van der Waals surface area contributed by atoms with E-state index in [2.05, 4.69) is 24.1 Å². The van der Waals surface area contributed by atoms with E-state index >= 15 is 0 Å². The van der Waals surface area contributed by atoms with Gasteiger partial charge < -0.3 is 14.8 Å². The zero-order valence-electron chi connectivity index (χ0n) is 14.0. The minimum atomic E-state index is -0.590. The molecule has 0 fully saturated rings. The fraction of sp³-hybridized carbons (Fsp3) is 0.933. The van der Waals surface area contributed by atoms with Crippen molar-refractivity contribution >= 4 is 5.97 Å². The van der Waals surface area contributed by atoms with Crippen molar-refractivity contribution in [2.75, 3.05) is 40.5 Å². The average Bonchev–Trinajstić information content (AvgIpc) is 2.43. The SMILES string of the molecule is CCNC(C)(CCCN(CC)C(C)COC)C(=O)OC. The van der Waals surface area contributed by atoms with Crippen molar-refractivity contribution in [1.29, 1.82) is 0 Å². The first-order valence-electron chi connectivity index (χ1n) is 7.51. The number of hydrogen-bond acceptors (Lipinski definition) is 5. The maximum Gasteiger partial charge on any atom is 0.325 e. The highest BCUT2D eigenvalue weighted by atomic mass is 16.5. The summed E-state index contributed by atoms with van der Waals surface area (Å²) in [6.45, 7) is 11.7. The van der Waals surface area contributed by atoms with Gasteiger partial charge >= 0.3 is 5.97 Å². The van der Waals surface area contributed by atoms with Crippen molar-refractivity contribution < 1.29 is 14.3 Å². The molecule has 20 heavy (non-hydrogen) atoms. The van der Waals surface area contributed by atoms with Crippen LogP contribution in [0.5, 0.6) is 0 Å². The molecule has 0 aromatic carbocycles. The minimum Gasteiger partial charge on any atom is -0.468 e. The van der Waals surface area contributed by atoms with E-state index in [1.54, 1.807) is 7.11 Å². The number of methoxy groups -OCH3 is 2. The van der Waals surface area contributed by atoms with Crippen LogP contribution in [-0.4, -0.2) is 62.9 Å². The number of ether oxygens (including phenoxy) is 2.